The zero-order valence-corrected chi connectivity index (χ0v) is 21.3. The third-order valence-electron chi connectivity index (χ3n) is 7.59. The quantitative estimate of drug-likeness (QED) is 0.236. The molecule has 192 valence electrons. The van der Waals surface area contributed by atoms with Crippen LogP contribution in [0.3, 0.4) is 0 Å². The number of anilines is 1. The van der Waals surface area contributed by atoms with Gasteiger partial charge in [0.1, 0.15) is 5.69 Å². The summed E-state index contributed by atoms with van der Waals surface area (Å²) in [4.78, 5) is 29.9. The number of aromatic amines is 2. The predicted octanol–water partition coefficient (Wildman–Crippen LogP) is 6.75. The number of hydrogen-bond acceptors (Lipinski definition) is 5. The minimum atomic E-state index is 0.0923. The third-order valence-corrected chi connectivity index (χ3v) is 7.59. The highest BCUT2D eigenvalue weighted by Gasteiger charge is 2.21. The summed E-state index contributed by atoms with van der Waals surface area (Å²) in [5.74, 6) is 0.878. The van der Waals surface area contributed by atoms with Gasteiger partial charge in [-0.05, 0) is 48.7 Å². The SMILES string of the molecule is O=C(Nc1cncc(-c2ccc3[nH]nc(-c4nc5c(-c6cccnc6)cccc5[nH]4)c3c2)c1)C1CCCCC1. The van der Waals surface area contributed by atoms with Gasteiger partial charge in [0.15, 0.2) is 5.82 Å². The zero-order chi connectivity index (χ0) is 26.2. The van der Waals surface area contributed by atoms with Crippen LogP contribution in [0.5, 0.6) is 0 Å². The summed E-state index contributed by atoms with van der Waals surface area (Å²) in [5, 5.41) is 11.8. The number of benzene rings is 2. The summed E-state index contributed by atoms with van der Waals surface area (Å²) >= 11 is 0. The molecule has 8 heteroatoms. The molecular formula is C31H27N7O. The van der Waals surface area contributed by atoms with Gasteiger partial charge in [-0.2, -0.15) is 5.10 Å². The lowest BCUT2D eigenvalue weighted by atomic mass is 9.88. The van der Waals surface area contributed by atoms with Crippen molar-refractivity contribution in [3.05, 3.63) is 79.4 Å². The Hall–Kier alpha value is -4.85. The van der Waals surface area contributed by atoms with Crippen molar-refractivity contribution in [3.63, 3.8) is 0 Å². The second-order valence-electron chi connectivity index (χ2n) is 10.1. The molecule has 0 aliphatic heterocycles. The molecule has 39 heavy (non-hydrogen) atoms. The van der Waals surface area contributed by atoms with Crippen LogP contribution >= 0.6 is 0 Å². The first-order valence-electron chi connectivity index (χ1n) is 13.4. The number of carbonyl (C=O) groups is 1. The Labute approximate surface area is 224 Å². The van der Waals surface area contributed by atoms with Crippen LogP contribution in [0.4, 0.5) is 5.69 Å². The van der Waals surface area contributed by atoms with E-state index in [1.807, 2.05) is 54.9 Å². The molecule has 6 aromatic rings. The van der Waals surface area contributed by atoms with Gasteiger partial charge >= 0.3 is 0 Å². The fraction of sp³-hybridized carbons (Fsp3) is 0.194. The van der Waals surface area contributed by atoms with E-state index >= 15 is 0 Å². The van der Waals surface area contributed by atoms with E-state index in [9.17, 15) is 4.79 Å². The minimum absolute atomic E-state index is 0.0923. The highest BCUT2D eigenvalue weighted by atomic mass is 16.1. The maximum atomic E-state index is 12.8. The van der Waals surface area contributed by atoms with Gasteiger partial charge in [-0.25, -0.2) is 4.98 Å². The summed E-state index contributed by atoms with van der Waals surface area (Å²) in [6.45, 7) is 0. The van der Waals surface area contributed by atoms with Crippen molar-refractivity contribution in [2.24, 2.45) is 5.92 Å². The molecule has 1 saturated carbocycles. The average molecular weight is 514 g/mol. The number of H-pyrrole nitrogens is 2. The molecule has 2 aromatic carbocycles. The molecule has 1 fully saturated rings. The molecule has 0 atom stereocenters. The zero-order valence-electron chi connectivity index (χ0n) is 21.3. The van der Waals surface area contributed by atoms with Crippen LogP contribution in [-0.4, -0.2) is 36.0 Å². The van der Waals surface area contributed by atoms with Crippen LogP contribution in [0.25, 0.3) is 55.7 Å². The number of imidazole rings is 1. The van der Waals surface area contributed by atoms with Gasteiger partial charge in [-0.15, -0.1) is 0 Å². The summed E-state index contributed by atoms with van der Waals surface area (Å²) < 4.78 is 0. The van der Waals surface area contributed by atoms with E-state index in [0.717, 1.165) is 81.3 Å². The number of carbonyl (C=O) groups excluding carboxylic acids is 1. The lowest BCUT2D eigenvalue weighted by Gasteiger charge is -2.20. The number of nitrogens with zero attached hydrogens (tertiary/aromatic N) is 4. The van der Waals surface area contributed by atoms with Crippen molar-refractivity contribution < 1.29 is 4.79 Å². The minimum Gasteiger partial charge on any atom is -0.337 e. The molecule has 1 aliphatic carbocycles. The normalized spacial score (nSPS) is 14.2. The van der Waals surface area contributed by atoms with Crippen LogP contribution in [0.2, 0.25) is 0 Å². The van der Waals surface area contributed by atoms with Gasteiger partial charge < -0.3 is 10.3 Å². The summed E-state index contributed by atoms with van der Waals surface area (Å²) in [5.41, 5.74) is 8.12. The fourth-order valence-electron chi connectivity index (χ4n) is 5.55. The highest BCUT2D eigenvalue weighted by molar-refractivity contribution is 5.98. The Kier molecular flexibility index (Phi) is 5.85. The summed E-state index contributed by atoms with van der Waals surface area (Å²) in [6, 6.07) is 18.2. The van der Waals surface area contributed by atoms with Crippen molar-refractivity contribution in [1.82, 2.24) is 30.1 Å². The van der Waals surface area contributed by atoms with Crippen molar-refractivity contribution in [1.29, 1.82) is 0 Å². The van der Waals surface area contributed by atoms with Gasteiger partial charge in [0.05, 0.1) is 28.4 Å². The molecule has 8 nitrogen and oxygen atoms in total. The molecule has 1 amide bonds. The second-order valence-corrected chi connectivity index (χ2v) is 10.1. The van der Waals surface area contributed by atoms with E-state index in [-0.39, 0.29) is 11.8 Å². The van der Waals surface area contributed by atoms with E-state index in [1.54, 1.807) is 12.4 Å². The molecule has 3 N–H and O–H groups in total. The Bertz CT molecular complexity index is 1800. The van der Waals surface area contributed by atoms with Crippen molar-refractivity contribution in [2.75, 3.05) is 5.32 Å². The number of fused-ring (bicyclic) bond motifs is 2. The Morgan fingerprint density at radius 3 is 2.62 bits per heavy atom. The molecule has 0 saturated heterocycles. The van der Waals surface area contributed by atoms with Gasteiger partial charge in [-0.1, -0.05) is 43.5 Å². The Morgan fingerprint density at radius 2 is 1.74 bits per heavy atom. The number of para-hydroxylation sites is 1. The van der Waals surface area contributed by atoms with E-state index in [4.69, 9.17) is 4.98 Å². The van der Waals surface area contributed by atoms with E-state index in [1.165, 1.54) is 6.42 Å². The summed E-state index contributed by atoms with van der Waals surface area (Å²) in [7, 11) is 0. The van der Waals surface area contributed by atoms with Crippen molar-refractivity contribution in [2.45, 2.75) is 32.1 Å². The van der Waals surface area contributed by atoms with Crippen molar-refractivity contribution in [3.8, 4) is 33.8 Å². The van der Waals surface area contributed by atoms with Gasteiger partial charge in [0.2, 0.25) is 5.91 Å². The molecule has 1 aliphatic rings. The maximum absolute atomic E-state index is 12.8. The molecule has 0 spiro atoms. The monoisotopic (exact) mass is 513 g/mol. The molecule has 7 rings (SSSR count). The predicted molar refractivity (Wildman–Crippen MR) is 153 cm³/mol. The highest BCUT2D eigenvalue weighted by Crippen LogP contribution is 2.33. The fourth-order valence-corrected chi connectivity index (χ4v) is 5.55. The average Bonchev–Trinajstić information content (AvgIpc) is 3.62. The molecule has 4 aromatic heterocycles. The topological polar surface area (TPSA) is 112 Å². The van der Waals surface area contributed by atoms with Crippen LogP contribution in [0.1, 0.15) is 32.1 Å². The van der Waals surface area contributed by atoms with Crippen LogP contribution in [-0.2, 0) is 4.79 Å². The maximum Gasteiger partial charge on any atom is 0.227 e. The Morgan fingerprint density at radius 1 is 0.846 bits per heavy atom. The van der Waals surface area contributed by atoms with E-state index < -0.39 is 0 Å². The number of nitrogens with one attached hydrogen (secondary N) is 3. The molecule has 4 heterocycles. The lowest BCUT2D eigenvalue weighted by Crippen LogP contribution is -2.24. The van der Waals surface area contributed by atoms with Gasteiger partial charge in [0, 0.05) is 46.6 Å². The largest absolute Gasteiger partial charge is 0.337 e. The molecular weight excluding hydrogens is 486 g/mol. The number of aromatic nitrogens is 6. The molecule has 0 unspecified atom stereocenters. The van der Waals surface area contributed by atoms with E-state index in [2.05, 4.69) is 42.6 Å². The third kappa shape index (κ3) is 4.44. The number of rotatable bonds is 5. The number of hydrogen-bond donors (Lipinski definition) is 3. The van der Waals surface area contributed by atoms with Crippen LogP contribution in [0.15, 0.2) is 79.4 Å². The van der Waals surface area contributed by atoms with Crippen molar-refractivity contribution >= 4 is 33.5 Å². The van der Waals surface area contributed by atoms with E-state index in [0.29, 0.717) is 5.82 Å². The molecule has 0 bridgehead atoms. The van der Waals surface area contributed by atoms with Gasteiger partial charge in [0.25, 0.3) is 0 Å². The number of pyridine rings is 2. The lowest BCUT2D eigenvalue weighted by molar-refractivity contribution is -0.120. The first kappa shape index (κ1) is 23.3. The summed E-state index contributed by atoms with van der Waals surface area (Å²) in [6.07, 6.45) is 12.5. The molecule has 0 radical (unpaired) electrons. The van der Waals surface area contributed by atoms with Crippen LogP contribution in [0, 0.1) is 5.92 Å². The Balaban J connectivity index is 1.23. The standard InChI is InChI=1S/C31H27N7O/c39-31(19-6-2-1-3-7-19)34-23-14-22(17-33-18-23)20-11-12-26-25(15-20)29(38-37-26)30-35-27-10-4-9-24(28(27)36-30)21-8-5-13-32-16-21/h4-5,8-19H,1-3,6-7H2,(H,34,39)(H,35,36)(H,37,38). The first-order chi connectivity index (χ1) is 19.2. The first-order valence-corrected chi connectivity index (χ1v) is 13.4. The van der Waals surface area contributed by atoms with Gasteiger partial charge in [-0.3, -0.25) is 19.9 Å². The second kappa shape index (κ2) is 9.79. The number of amides is 1. The van der Waals surface area contributed by atoms with Crippen LogP contribution < -0.4 is 5.32 Å². The smallest absolute Gasteiger partial charge is 0.227 e.